The maximum Gasteiger partial charge on any atom is 0.471 e. The van der Waals surface area contributed by atoms with Gasteiger partial charge in [0.15, 0.2) is 5.82 Å². The number of hydrogen-bond acceptors (Lipinski definition) is 4. The lowest BCUT2D eigenvalue weighted by molar-refractivity contribution is -0.215. The van der Waals surface area contributed by atoms with Crippen molar-refractivity contribution < 1.29 is 26.9 Å². The number of nitrogens with zero attached hydrogens (tertiary/aromatic N) is 3. The van der Waals surface area contributed by atoms with Crippen LogP contribution in [0.2, 0.25) is 0 Å². The number of fused-ring (bicyclic) bond motifs is 3. The second kappa shape index (κ2) is 7.56. The summed E-state index contributed by atoms with van der Waals surface area (Å²) in [6.45, 7) is 0.590. The summed E-state index contributed by atoms with van der Waals surface area (Å²) in [6.07, 6.45) is 4.04. The molecule has 1 heterocycles. The molecule has 0 atom stereocenters. The van der Waals surface area contributed by atoms with Gasteiger partial charge in [0.2, 0.25) is 5.91 Å². The molecule has 9 rings (SSSR count). The summed E-state index contributed by atoms with van der Waals surface area (Å²) >= 11 is 0. The minimum Gasteiger partial charge on any atom is -0.329 e. The topological polar surface area (TPSA) is 59.2 Å². The molecular formula is C28H31F4N3O2. The third-order valence-corrected chi connectivity index (χ3v) is 10.2. The third-order valence-electron chi connectivity index (χ3n) is 10.2. The Labute approximate surface area is 213 Å². The number of alkyl halides is 4. The molecular weight excluding hydrogens is 486 g/mol. The van der Waals surface area contributed by atoms with Gasteiger partial charge < -0.3 is 9.42 Å². The Balaban J connectivity index is 1.11. The van der Waals surface area contributed by atoms with E-state index in [1.807, 2.05) is 17.0 Å². The van der Waals surface area contributed by atoms with Gasteiger partial charge in [-0.15, -0.1) is 0 Å². The second-order valence-corrected chi connectivity index (χ2v) is 12.9. The number of anilines is 1. The van der Waals surface area contributed by atoms with E-state index in [0.29, 0.717) is 57.4 Å². The van der Waals surface area contributed by atoms with Crippen molar-refractivity contribution in [3.8, 4) is 0 Å². The van der Waals surface area contributed by atoms with Crippen LogP contribution in [0.3, 0.4) is 0 Å². The predicted octanol–water partition coefficient (Wildman–Crippen LogP) is 6.87. The van der Waals surface area contributed by atoms with Crippen LogP contribution in [0.15, 0.2) is 28.8 Å². The summed E-state index contributed by atoms with van der Waals surface area (Å²) < 4.78 is 57.9. The molecule has 1 amide bonds. The van der Waals surface area contributed by atoms with Crippen molar-refractivity contribution in [2.45, 2.75) is 100 Å². The number of amides is 1. The number of carbonyl (C=O) groups is 1. The van der Waals surface area contributed by atoms with E-state index in [-0.39, 0.29) is 22.6 Å². The highest BCUT2D eigenvalue weighted by Gasteiger charge is 2.69. The van der Waals surface area contributed by atoms with Gasteiger partial charge >= 0.3 is 12.1 Å². The first-order chi connectivity index (χ1) is 17.5. The number of aromatic nitrogens is 2. The van der Waals surface area contributed by atoms with E-state index in [4.69, 9.17) is 0 Å². The van der Waals surface area contributed by atoms with Crippen LogP contribution >= 0.6 is 0 Å². The summed E-state index contributed by atoms with van der Waals surface area (Å²) in [5.41, 5.74) is 0.401. The smallest absolute Gasteiger partial charge is 0.329 e. The predicted molar refractivity (Wildman–Crippen MR) is 127 cm³/mol. The van der Waals surface area contributed by atoms with Crippen molar-refractivity contribution >= 4 is 11.6 Å². The highest BCUT2D eigenvalue weighted by molar-refractivity contribution is 5.94. The number of rotatable bonds is 7. The normalized spacial score (nSPS) is 36.1. The maximum absolute atomic E-state index is 14.2. The van der Waals surface area contributed by atoms with Gasteiger partial charge in [0.1, 0.15) is 5.67 Å². The van der Waals surface area contributed by atoms with Crippen LogP contribution in [-0.4, -0.2) is 28.3 Å². The molecule has 0 radical (unpaired) electrons. The second-order valence-electron chi connectivity index (χ2n) is 12.9. The molecule has 4 bridgehead atoms. The molecule has 7 fully saturated rings. The number of hydrogen-bond donors (Lipinski definition) is 0. The Morgan fingerprint density at radius 3 is 2.27 bits per heavy atom. The Kier molecular flexibility index (Phi) is 4.84. The molecule has 37 heavy (non-hydrogen) atoms. The van der Waals surface area contributed by atoms with Crippen molar-refractivity contribution in [2.24, 2.45) is 10.8 Å². The average Bonchev–Trinajstić information content (AvgIpc) is 3.56. The van der Waals surface area contributed by atoms with Gasteiger partial charge in [0, 0.05) is 24.1 Å². The molecule has 1 aromatic carbocycles. The van der Waals surface area contributed by atoms with Gasteiger partial charge in [-0.05, 0) is 105 Å². The molecule has 0 unspecified atom stereocenters. The van der Waals surface area contributed by atoms with Gasteiger partial charge in [0.05, 0.1) is 0 Å². The van der Waals surface area contributed by atoms with Gasteiger partial charge in [0.25, 0.3) is 0 Å². The van der Waals surface area contributed by atoms with Crippen LogP contribution in [0.4, 0.5) is 23.2 Å². The van der Waals surface area contributed by atoms with E-state index >= 15 is 0 Å². The van der Waals surface area contributed by atoms with Crippen LogP contribution in [0.1, 0.15) is 100 Å². The summed E-state index contributed by atoms with van der Waals surface area (Å²) in [5.74, 6) is -0.475. The summed E-state index contributed by atoms with van der Waals surface area (Å²) in [4.78, 5) is 19.5. The number of halogens is 4. The van der Waals surface area contributed by atoms with E-state index in [9.17, 15) is 22.4 Å². The molecule has 7 aliphatic carbocycles. The highest BCUT2D eigenvalue weighted by atomic mass is 19.4. The fourth-order valence-electron chi connectivity index (χ4n) is 7.88. The lowest BCUT2D eigenvalue weighted by Crippen LogP contribution is -2.65. The lowest BCUT2D eigenvalue weighted by Gasteiger charge is -2.66. The van der Waals surface area contributed by atoms with Crippen molar-refractivity contribution in [3.63, 3.8) is 0 Å². The van der Waals surface area contributed by atoms with E-state index in [2.05, 4.69) is 26.8 Å². The first-order valence-corrected chi connectivity index (χ1v) is 13.5. The SMILES string of the molecule is O=C(CC12CC(F)(C1)C2)N(CC12CCC(c3noc(C(F)(F)F)n3)(CC1)CC2)c1cccc(C2CC2)c1. The summed E-state index contributed by atoms with van der Waals surface area (Å²) in [6, 6.07) is 8.32. The molecule has 7 saturated carbocycles. The molecule has 5 nitrogen and oxygen atoms in total. The zero-order valence-corrected chi connectivity index (χ0v) is 20.7. The highest BCUT2D eigenvalue weighted by Crippen LogP contribution is 2.71. The quantitative estimate of drug-likeness (QED) is 0.376. The molecule has 2 aromatic rings. The Hall–Kier alpha value is -2.45. The molecule has 1 aromatic heterocycles. The van der Waals surface area contributed by atoms with Crippen LogP contribution in [0.25, 0.3) is 0 Å². The van der Waals surface area contributed by atoms with Gasteiger partial charge in [-0.2, -0.15) is 18.2 Å². The zero-order valence-electron chi connectivity index (χ0n) is 20.7. The van der Waals surface area contributed by atoms with Crippen LogP contribution in [-0.2, 0) is 16.4 Å². The van der Waals surface area contributed by atoms with Crippen LogP contribution in [0, 0.1) is 10.8 Å². The van der Waals surface area contributed by atoms with E-state index in [1.54, 1.807) is 0 Å². The minimum atomic E-state index is -4.65. The molecule has 9 heteroatoms. The summed E-state index contributed by atoms with van der Waals surface area (Å²) in [5, 5.41) is 3.73. The molecule has 0 N–H and O–H groups in total. The molecule has 0 saturated heterocycles. The molecule has 0 spiro atoms. The van der Waals surface area contributed by atoms with Gasteiger partial charge in [-0.1, -0.05) is 17.3 Å². The minimum absolute atomic E-state index is 0.0690. The average molecular weight is 518 g/mol. The summed E-state index contributed by atoms with van der Waals surface area (Å²) in [7, 11) is 0. The molecule has 198 valence electrons. The third kappa shape index (κ3) is 3.90. The monoisotopic (exact) mass is 517 g/mol. The molecule has 0 aliphatic heterocycles. The largest absolute Gasteiger partial charge is 0.471 e. The zero-order chi connectivity index (χ0) is 25.7. The van der Waals surface area contributed by atoms with E-state index in [1.165, 1.54) is 18.4 Å². The number of benzene rings is 1. The Bertz CT molecular complexity index is 1210. The Morgan fingerprint density at radius 1 is 1.03 bits per heavy atom. The van der Waals surface area contributed by atoms with Crippen molar-refractivity contribution in [2.75, 3.05) is 11.4 Å². The fraction of sp³-hybridized carbons (Fsp3) is 0.679. The van der Waals surface area contributed by atoms with Gasteiger partial charge in [-0.25, -0.2) is 4.39 Å². The lowest BCUT2D eigenvalue weighted by atomic mass is 9.41. The molecule has 7 aliphatic rings. The number of carbonyl (C=O) groups excluding carboxylic acids is 1. The van der Waals surface area contributed by atoms with Crippen LogP contribution < -0.4 is 4.90 Å². The van der Waals surface area contributed by atoms with E-state index in [0.717, 1.165) is 24.9 Å². The van der Waals surface area contributed by atoms with Crippen LogP contribution in [0.5, 0.6) is 0 Å². The van der Waals surface area contributed by atoms with Crippen molar-refractivity contribution in [3.05, 3.63) is 41.5 Å². The maximum atomic E-state index is 14.2. The Morgan fingerprint density at radius 2 is 1.70 bits per heavy atom. The first kappa shape index (κ1) is 23.7. The van der Waals surface area contributed by atoms with E-state index < -0.39 is 23.2 Å². The van der Waals surface area contributed by atoms with Gasteiger partial charge in [-0.3, -0.25) is 4.79 Å². The van der Waals surface area contributed by atoms with Crippen molar-refractivity contribution in [1.82, 2.24) is 10.1 Å². The fourth-order valence-corrected chi connectivity index (χ4v) is 7.88. The standard InChI is InChI=1S/C28H31F4N3O2/c29-27-14-25(15-27,16-27)13-21(36)35(20-3-1-2-19(12-20)18-4-5-18)17-24-6-9-26(10-7-24,11-8-24)22-33-23(37-34-22)28(30,31)32/h1-3,12,18H,4-11,13-17H2. The first-order valence-electron chi connectivity index (χ1n) is 13.5. The van der Waals surface area contributed by atoms with Crippen molar-refractivity contribution in [1.29, 1.82) is 0 Å².